The standard InChI is InChI=1S/C20H19NO5/c1-12(2)18(21)20(23)26-14-8-9-15-16(10-14)24-11-17(19(15)22)25-13-6-4-3-5-7-13/h3-12,18H,21H2,1-2H3/p+1/t18-/m1/s1. The summed E-state index contributed by atoms with van der Waals surface area (Å²) in [6.45, 7) is 3.79. The molecule has 0 unspecified atom stereocenters. The van der Waals surface area contributed by atoms with Gasteiger partial charge in [0, 0.05) is 12.0 Å². The molecule has 0 amide bonds. The number of hydrogen-bond donors (Lipinski definition) is 1. The maximum absolute atomic E-state index is 12.6. The predicted molar refractivity (Wildman–Crippen MR) is 96.1 cm³/mol. The first-order chi connectivity index (χ1) is 12.5. The Morgan fingerprint density at radius 1 is 1.08 bits per heavy atom. The zero-order valence-corrected chi connectivity index (χ0v) is 14.6. The van der Waals surface area contributed by atoms with E-state index in [2.05, 4.69) is 5.73 Å². The lowest BCUT2D eigenvalue weighted by Crippen LogP contribution is -2.68. The van der Waals surface area contributed by atoms with Crippen LogP contribution >= 0.6 is 0 Å². The number of ether oxygens (including phenoxy) is 2. The van der Waals surface area contributed by atoms with E-state index in [1.165, 1.54) is 12.3 Å². The third kappa shape index (κ3) is 3.75. The quantitative estimate of drug-likeness (QED) is 0.562. The molecule has 1 heterocycles. The van der Waals surface area contributed by atoms with Gasteiger partial charge < -0.3 is 19.6 Å². The van der Waals surface area contributed by atoms with Crippen molar-refractivity contribution in [2.24, 2.45) is 5.92 Å². The van der Waals surface area contributed by atoms with Gasteiger partial charge in [0.25, 0.3) is 0 Å². The molecular weight excluding hydrogens is 334 g/mol. The summed E-state index contributed by atoms with van der Waals surface area (Å²) in [7, 11) is 0. The second-order valence-electron chi connectivity index (χ2n) is 6.27. The van der Waals surface area contributed by atoms with Crippen LogP contribution in [0.1, 0.15) is 13.8 Å². The van der Waals surface area contributed by atoms with Gasteiger partial charge in [-0.1, -0.05) is 32.0 Å². The maximum atomic E-state index is 12.6. The summed E-state index contributed by atoms with van der Waals surface area (Å²) < 4.78 is 16.4. The van der Waals surface area contributed by atoms with Crippen molar-refractivity contribution in [3.05, 3.63) is 65.0 Å². The lowest BCUT2D eigenvalue weighted by atomic mass is 10.1. The first kappa shape index (κ1) is 17.7. The monoisotopic (exact) mass is 354 g/mol. The molecule has 0 saturated heterocycles. The number of carbonyl (C=O) groups excluding carboxylic acids is 1. The summed E-state index contributed by atoms with van der Waals surface area (Å²) in [5.41, 5.74) is 3.81. The molecule has 6 nitrogen and oxygen atoms in total. The van der Waals surface area contributed by atoms with E-state index in [0.29, 0.717) is 22.5 Å². The minimum atomic E-state index is -0.473. The second-order valence-corrected chi connectivity index (χ2v) is 6.27. The summed E-state index contributed by atoms with van der Waals surface area (Å²) in [4.78, 5) is 24.6. The third-order valence-electron chi connectivity index (χ3n) is 4.01. The molecule has 26 heavy (non-hydrogen) atoms. The van der Waals surface area contributed by atoms with Gasteiger partial charge in [-0.15, -0.1) is 0 Å². The molecule has 6 heteroatoms. The molecule has 3 aromatic rings. The normalized spacial score (nSPS) is 12.2. The lowest BCUT2D eigenvalue weighted by Gasteiger charge is -2.11. The van der Waals surface area contributed by atoms with E-state index in [0.717, 1.165) is 0 Å². The van der Waals surface area contributed by atoms with E-state index < -0.39 is 12.0 Å². The number of carbonyl (C=O) groups is 1. The van der Waals surface area contributed by atoms with Crippen molar-refractivity contribution < 1.29 is 24.4 Å². The van der Waals surface area contributed by atoms with Crippen LogP contribution in [0, 0.1) is 5.92 Å². The van der Waals surface area contributed by atoms with Crippen molar-refractivity contribution in [3.63, 3.8) is 0 Å². The van der Waals surface area contributed by atoms with Crippen LogP contribution in [0.3, 0.4) is 0 Å². The fourth-order valence-corrected chi connectivity index (χ4v) is 2.30. The van der Waals surface area contributed by atoms with E-state index in [1.807, 2.05) is 32.0 Å². The Morgan fingerprint density at radius 3 is 2.50 bits per heavy atom. The van der Waals surface area contributed by atoms with Crippen molar-refractivity contribution >= 4 is 16.9 Å². The topological polar surface area (TPSA) is 93.4 Å². The van der Waals surface area contributed by atoms with Gasteiger partial charge in [0.1, 0.15) is 23.3 Å². The number of rotatable bonds is 5. The Bertz CT molecular complexity index is 978. The molecule has 3 N–H and O–H groups in total. The van der Waals surface area contributed by atoms with Gasteiger partial charge in [-0.3, -0.25) is 4.79 Å². The van der Waals surface area contributed by atoms with Gasteiger partial charge in [-0.05, 0) is 24.3 Å². The van der Waals surface area contributed by atoms with Crippen molar-refractivity contribution in [1.29, 1.82) is 0 Å². The van der Waals surface area contributed by atoms with Crippen LogP contribution in [0.4, 0.5) is 0 Å². The predicted octanol–water partition coefficient (Wildman–Crippen LogP) is 2.76. The molecule has 1 aromatic heterocycles. The zero-order chi connectivity index (χ0) is 18.7. The molecule has 0 radical (unpaired) electrons. The van der Waals surface area contributed by atoms with Gasteiger partial charge in [0.2, 0.25) is 11.2 Å². The fraction of sp³-hybridized carbons (Fsp3) is 0.200. The van der Waals surface area contributed by atoms with Gasteiger partial charge in [0.15, 0.2) is 6.04 Å². The molecule has 0 fully saturated rings. The molecule has 0 bridgehead atoms. The SMILES string of the molecule is CC(C)[C@@H]([NH3+])C(=O)Oc1ccc2c(=O)c(Oc3ccccc3)coc2c1. The van der Waals surface area contributed by atoms with Crippen LogP contribution in [0.5, 0.6) is 17.2 Å². The highest BCUT2D eigenvalue weighted by Gasteiger charge is 2.23. The Balaban J connectivity index is 1.87. The number of fused-ring (bicyclic) bond motifs is 1. The third-order valence-corrected chi connectivity index (χ3v) is 4.01. The van der Waals surface area contributed by atoms with Crippen LogP contribution < -0.4 is 20.6 Å². The second kappa shape index (κ2) is 7.41. The maximum Gasteiger partial charge on any atom is 0.370 e. The molecular formula is C20H20NO5+. The van der Waals surface area contributed by atoms with Crippen LogP contribution in [-0.4, -0.2) is 12.0 Å². The molecule has 1 atom stereocenters. The molecule has 0 aliphatic heterocycles. The highest BCUT2D eigenvalue weighted by atomic mass is 16.5. The summed E-state index contributed by atoms with van der Waals surface area (Å²) in [6, 6.07) is 13.1. The summed E-state index contributed by atoms with van der Waals surface area (Å²) in [5, 5.41) is 0.341. The first-order valence-electron chi connectivity index (χ1n) is 8.29. The molecule has 0 aliphatic rings. The highest BCUT2D eigenvalue weighted by molar-refractivity contribution is 5.81. The number of esters is 1. The summed E-state index contributed by atoms with van der Waals surface area (Å²) in [5.74, 6) is 0.576. The number of hydrogen-bond acceptors (Lipinski definition) is 5. The average molecular weight is 354 g/mol. The summed E-state index contributed by atoms with van der Waals surface area (Å²) in [6.07, 6.45) is 1.25. The van der Waals surface area contributed by atoms with Crippen molar-refractivity contribution in [1.82, 2.24) is 0 Å². The molecule has 0 aliphatic carbocycles. The Hall–Kier alpha value is -3.12. The zero-order valence-electron chi connectivity index (χ0n) is 14.6. The highest BCUT2D eigenvalue weighted by Crippen LogP contribution is 2.24. The fourth-order valence-electron chi connectivity index (χ4n) is 2.30. The van der Waals surface area contributed by atoms with Gasteiger partial charge >= 0.3 is 5.97 Å². The minimum Gasteiger partial charge on any atom is -0.460 e. The van der Waals surface area contributed by atoms with Crippen molar-refractivity contribution in [2.75, 3.05) is 0 Å². The van der Waals surface area contributed by atoms with Crippen LogP contribution in [0.2, 0.25) is 0 Å². The van der Waals surface area contributed by atoms with Crippen LogP contribution in [0.25, 0.3) is 11.0 Å². The van der Waals surface area contributed by atoms with Crippen molar-refractivity contribution in [2.45, 2.75) is 19.9 Å². The molecule has 134 valence electrons. The van der Waals surface area contributed by atoms with Crippen LogP contribution in [0.15, 0.2) is 64.0 Å². The minimum absolute atomic E-state index is 0.0681. The Kier molecular flexibility index (Phi) is 5.04. The number of benzene rings is 2. The first-order valence-corrected chi connectivity index (χ1v) is 8.29. The van der Waals surface area contributed by atoms with Gasteiger partial charge in [0.05, 0.1) is 5.39 Å². The number of para-hydroxylation sites is 1. The largest absolute Gasteiger partial charge is 0.460 e. The van der Waals surface area contributed by atoms with E-state index in [-0.39, 0.29) is 17.1 Å². The van der Waals surface area contributed by atoms with Gasteiger partial charge in [-0.25, -0.2) is 4.79 Å². The smallest absolute Gasteiger partial charge is 0.370 e. The molecule has 0 saturated carbocycles. The van der Waals surface area contributed by atoms with Crippen molar-refractivity contribution in [3.8, 4) is 17.2 Å². The van der Waals surface area contributed by atoms with E-state index in [4.69, 9.17) is 13.9 Å². The van der Waals surface area contributed by atoms with Crippen LogP contribution in [-0.2, 0) is 4.79 Å². The Morgan fingerprint density at radius 2 is 1.81 bits per heavy atom. The van der Waals surface area contributed by atoms with E-state index >= 15 is 0 Å². The van der Waals surface area contributed by atoms with Gasteiger partial charge in [-0.2, -0.15) is 0 Å². The molecule has 0 spiro atoms. The summed E-state index contributed by atoms with van der Waals surface area (Å²) >= 11 is 0. The Labute approximate surface area is 150 Å². The van der Waals surface area contributed by atoms with E-state index in [9.17, 15) is 9.59 Å². The lowest BCUT2D eigenvalue weighted by molar-refractivity contribution is -0.417. The molecule has 2 aromatic carbocycles. The molecule has 3 rings (SSSR count). The van der Waals surface area contributed by atoms with E-state index in [1.54, 1.807) is 24.3 Å². The average Bonchev–Trinajstić information content (AvgIpc) is 2.64. The number of quaternary nitrogens is 1.